The molecule has 0 aliphatic carbocycles. The van der Waals surface area contributed by atoms with Gasteiger partial charge in [0.2, 0.25) is 5.91 Å². The number of nitrogens with zero attached hydrogens (tertiary/aromatic N) is 1. The normalized spacial score (nSPS) is 13.5. The molecule has 2 N–H and O–H groups in total. The summed E-state index contributed by atoms with van der Waals surface area (Å²) in [5, 5.41) is 7.44. The van der Waals surface area contributed by atoms with E-state index >= 15 is 0 Å². The van der Waals surface area contributed by atoms with E-state index in [9.17, 15) is 14.4 Å². The second-order valence-electron chi connectivity index (χ2n) is 5.70. The maximum absolute atomic E-state index is 12.6. The topological polar surface area (TPSA) is 78.5 Å². The fraction of sp³-hybridized carbons (Fsp3) is 0.278. The summed E-state index contributed by atoms with van der Waals surface area (Å²) in [5.41, 5.74) is 1.14. The molecule has 0 unspecified atom stereocenters. The molecule has 3 amide bonds. The molecule has 0 fully saturated rings. The summed E-state index contributed by atoms with van der Waals surface area (Å²) in [5.74, 6) is -0.594. The van der Waals surface area contributed by atoms with Gasteiger partial charge in [-0.25, -0.2) is 0 Å². The largest absolute Gasteiger partial charge is 0.355 e. The number of hydrogen-bond acceptors (Lipinski definition) is 4. The van der Waals surface area contributed by atoms with E-state index in [1.165, 1.54) is 11.8 Å². The minimum absolute atomic E-state index is 0.0807. The van der Waals surface area contributed by atoms with Crippen LogP contribution in [0.25, 0.3) is 10.8 Å². The van der Waals surface area contributed by atoms with Crippen LogP contribution < -0.4 is 10.6 Å². The lowest BCUT2D eigenvalue weighted by atomic mass is 9.94. The van der Waals surface area contributed by atoms with Gasteiger partial charge in [0.25, 0.3) is 11.8 Å². The van der Waals surface area contributed by atoms with E-state index < -0.39 is 0 Å². The molecule has 0 saturated carbocycles. The Balaban J connectivity index is 1.70. The molecule has 0 atom stereocenters. The molecule has 2 aromatic rings. The first-order chi connectivity index (χ1) is 11.6. The third-order valence-corrected chi connectivity index (χ3v) is 4.04. The fourth-order valence-corrected chi connectivity index (χ4v) is 2.93. The molecule has 0 radical (unpaired) electrons. The molecule has 1 aliphatic heterocycles. The highest BCUT2D eigenvalue weighted by Crippen LogP contribution is 2.29. The molecule has 0 spiro atoms. The van der Waals surface area contributed by atoms with Gasteiger partial charge in [-0.15, -0.1) is 0 Å². The van der Waals surface area contributed by atoms with Gasteiger partial charge in [0.05, 0.1) is 0 Å². The van der Waals surface area contributed by atoms with Gasteiger partial charge in [0.1, 0.15) is 0 Å². The summed E-state index contributed by atoms with van der Waals surface area (Å²) < 4.78 is 0. The SMILES string of the molecule is CC(=O)NCCNCCN1C(=O)c2cccc3cccc(c23)C1=O. The van der Waals surface area contributed by atoms with Gasteiger partial charge in [-0.05, 0) is 17.5 Å². The van der Waals surface area contributed by atoms with Crippen LogP contribution in [0.15, 0.2) is 36.4 Å². The number of amides is 3. The minimum atomic E-state index is -0.257. The maximum Gasteiger partial charge on any atom is 0.261 e. The molecule has 3 rings (SSSR count). The molecule has 6 nitrogen and oxygen atoms in total. The number of carbonyl (C=O) groups is 3. The Labute approximate surface area is 139 Å². The monoisotopic (exact) mass is 325 g/mol. The van der Waals surface area contributed by atoms with Gasteiger partial charge >= 0.3 is 0 Å². The lowest BCUT2D eigenvalue weighted by molar-refractivity contribution is -0.118. The van der Waals surface area contributed by atoms with E-state index in [-0.39, 0.29) is 17.7 Å². The predicted molar refractivity (Wildman–Crippen MR) is 90.9 cm³/mol. The van der Waals surface area contributed by atoms with Crippen LogP contribution in [0, 0.1) is 0 Å². The van der Waals surface area contributed by atoms with Crippen molar-refractivity contribution in [1.82, 2.24) is 15.5 Å². The highest BCUT2D eigenvalue weighted by Gasteiger charge is 2.31. The van der Waals surface area contributed by atoms with Crippen molar-refractivity contribution in [2.75, 3.05) is 26.2 Å². The van der Waals surface area contributed by atoms with Crippen LogP contribution in [0.3, 0.4) is 0 Å². The van der Waals surface area contributed by atoms with Crippen molar-refractivity contribution in [3.63, 3.8) is 0 Å². The van der Waals surface area contributed by atoms with Crippen LogP contribution in [0.5, 0.6) is 0 Å². The molecule has 124 valence electrons. The quantitative estimate of drug-likeness (QED) is 0.617. The van der Waals surface area contributed by atoms with Crippen molar-refractivity contribution in [3.05, 3.63) is 47.5 Å². The number of benzene rings is 2. The minimum Gasteiger partial charge on any atom is -0.355 e. The lowest BCUT2D eigenvalue weighted by Gasteiger charge is -2.27. The van der Waals surface area contributed by atoms with Gasteiger partial charge in [0, 0.05) is 49.6 Å². The molecule has 24 heavy (non-hydrogen) atoms. The van der Waals surface area contributed by atoms with Crippen LogP contribution in [0.4, 0.5) is 0 Å². The van der Waals surface area contributed by atoms with E-state index in [0.29, 0.717) is 37.3 Å². The van der Waals surface area contributed by atoms with Crippen LogP contribution in [0.1, 0.15) is 27.6 Å². The van der Waals surface area contributed by atoms with Gasteiger partial charge in [-0.1, -0.05) is 24.3 Å². The summed E-state index contributed by atoms with van der Waals surface area (Å²) in [7, 11) is 0. The highest BCUT2D eigenvalue weighted by molar-refractivity contribution is 6.25. The zero-order chi connectivity index (χ0) is 17.1. The fourth-order valence-electron chi connectivity index (χ4n) is 2.93. The summed E-state index contributed by atoms with van der Waals surface area (Å²) >= 11 is 0. The van der Waals surface area contributed by atoms with Crippen LogP contribution in [-0.4, -0.2) is 48.8 Å². The molecular weight excluding hydrogens is 306 g/mol. The van der Waals surface area contributed by atoms with Crippen molar-refractivity contribution in [2.45, 2.75) is 6.92 Å². The Kier molecular flexibility index (Phi) is 4.57. The van der Waals surface area contributed by atoms with E-state index in [2.05, 4.69) is 10.6 Å². The molecular formula is C18H19N3O3. The lowest BCUT2D eigenvalue weighted by Crippen LogP contribution is -2.44. The highest BCUT2D eigenvalue weighted by atomic mass is 16.2. The Morgan fingerprint density at radius 2 is 1.58 bits per heavy atom. The zero-order valence-electron chi connectivity index (χ0n) is 13.5. The number of rotatable bonds is 6. The van der Waals surface area contributed by atoms with Crippen molar-refractivity contribution in [1.29, 1.82) is 0 Å². The Bertz CT molecular complexity index is 766. The van der Waals surface area contributed by atoms with Gasteiger partial charge < -0.3 is 10.6 Å². The summed E-state index contributed by atoms with van der Waals surface area (Å²) in [6.07, 6.45) is 0. The molecule has 0 saturated heterocycles. The molecule has 1 aliphatic rings. The third kappa shape index (κ3) is 3.00. The molecule has 0 bridgehead atoms. The van der Waals surface area contributed by atoms with Crippen LogP contribution >= 0.6 is 0 Å². The second-order valence-corrected chi connectivity index (χ2v) is 5.70. The molecule has 1 heterocycles. The second kappa shape index (κ2) is 6.80. The van der Waals surface area contributed by atoms with Crippen LogP contribution in [-0.2, 0) is 4.79 Å². The maximum atomic E-state index is 12.6. The number of hydrogen-bond donors (Lipinski definition) is 2. The average Bonchev–Trinajstić information content (AvgIpc) is 2.58. The van der Waals surface area contributed by atoms with Crippen molar-refractivity contribution >= 4 is 28.5 Å². The van der Waals surface area contributed by atoms with Crippen LogP contribution in [0.2, 0.25) is 0 Å². The first kappa shape index (κ1) is 16.1. The van der Waals surface area contributed by atoms with E-state index in [1.54, 1.807) is 12.1 Å². The smallest absolute Gasteiger partial charge is 0.261 e. The van der Waals surface area contributed by atoms with Gasteiger partial charge in [-0.2, -0.15) is 0 Å². The van der Waals surface area contributed by atoms with Crippen molar-refractivity contribution in [2.24, 2.45) is 0 Å². The molecule has 2 aromatic carbocycles. The number of imide groups is 1. The van der Waals surface area contributed by atoms with E-state index in [0.717, 1.165) is 10.8 Å². The van der Waals surface area contributed by atoms with Gasteiger partial charge in [0.15, 0.2) is 0 Å². The zero-order valence-corrected chi connectivity index (χ0v) is 13.5. The number of nitrogens with one attached hydrogen (secondary N) is 2. The molecule has 6 heteroatoms. The first-order valence-corrected chi connectivity index (χ1v) is 7.92. The van der Waals surface area contributed by atoms with Gasteiger partial charge in [-0.3, -0.25) is 19.3 Å². The standard InChI is InChI=1S/C18H19N3O3/c1-12(22)20-9-8-19-10-11-21-17(23)14-6-2-4-13-5-3-7-15(16(13)14)18(21)24/h2-7,19H,8-11H2,1H3,(H,20,22). The number of carbonyl (C=O) groups excluding carboxylic acids is 3. The van der Waals surface area contributed by atoms with E-state index in [4.69, 9.17) is 0 Å². The van der Waals surface area contributed by atoms with Crippen molar-refractivity contribution < 1.29 is 14.4 Å². The average molecular weight is 325 g/mol. The third-order valence-electron chi connectivity index (χ3n) is 4.04. The van der Waals surface area contributed by atoms with E-state index in [1.807, 2.05) is 24.3 Å². The summed E-state index contributed by atoms with van der Waals surface area (Å²) in [4.78, 5) is 37.3. The summed E-state index contributed by atoms with van der Waals surface area (Å²) in [6, 6.07) is 11.0. The first-order valence-electron chi connectivity index (χ1n) is 7.92. The Morgan fingerprint density at radius 1 is 0.958 bits per heavy atom. The Morgan fingerprint density at radius 3 is 2.17 bits per heavy atom. The Hall–Kier alpha value is -2.73. The predicted octanol–water partition coefficient (Wildman–Crippen LogP) is 1.16. The summed E-state index contributed by atoms with van der Waals surface area (Å²) in [6.45, 7) is 3.34. The molecule has 0 aromatic heterocycles. The van der Waals surface area contributed by atoms with Crippen molar-refractivity contribution in [3.8, 4) is 0 Å².